The fraction of sp³-hybridized carbons (Fsp3) is 0.200. The zero-order valence-electron chi connectivity index (χ0n) is 15.7. The van der Waals surface area contributed by atoms with Crippen LogP contribution in [-0.4, -0.2) is 31.8 Å². The Morgan fingerprint density at radius 3 is 2.63 bits per heavy atom. The smallest absolute Gasteiger partial charge is 0.156 e. The van der Waals surface area contributed by atoms with E-state index in [9.17, 15) is 0 Å². The Hall–Kier alpha value is -3.48. The molecule has 27 heavy (non-hydrogen) atoms. The van der Waals surface area contributed by atoms with E-state index in [1.54, 1.807) is 11.8 Å². The molecule has 4 rings (SSSR count). The van der Waals surface area contributed by atoms with Crippen LogP contribution in [0.15, 0.2) is 42.7 Å². The number of nitrogens with one attached hydrogen (secondary N) is 1. The number of hydrogen-bond acceptors (Lipinski definition) is 6. The number of aryl methyl sites for hydroxylation is 3. The van der Waals surface area contributed by atoms with Crippen molar-refractivity contribution in [1.82, 2.24) is 24.7 Å². The highest BCUT2D eigenvalue weighted by Crippen LogP contribution is 2.29. The number of anilines is 2. The molecule has 7 heteroatoms. The maximum absolute atomic E-state index is 5.49. The Morgan fingerprint density at radius 1 is 1.00 bits per heavy atom. The van der Waals surface area contributed by atoms with Gasteiger partial charge in [-0.05, 0) is 38.5 Å². The van der Waals surface area contributed by atoms with Crippen LogP contribution in [-0.2, 0) is 0 Å². The molecule has 3 heterocycles. The van der Waals surface area contributed by atoms with Crippen molar-refractivity contribution in [2.24, 2.45) is 0 Å². The lowest BCUT2D eigenvalue weighted by Crippen LogP contribution is -2.06. The summed E-state index contributed by atoms with van der Waals surface area (Å²) >= 11 is 0. The minimum absolute atomic E-state index is 0.707. The fourth-order valence-electron chi connectivity index (χ4n) is 3.06. The van der Waals surface area contributed by atoms with Crippen molar-refractivity contribution in [3.63, 3.8) is 0 Å². The number of ether oxygens (including phenoxy) is 1. The third-order valence-corrected chi connectivity index (χ3v) is 4.32. The molecule has 0 aliphatic rings. The zero-order valence-corrected chi connectivity index (χ0v) is 15.7. The topological polar surface area (TPSA) is 77.8 Å². The van der Waals surface area contributed by atoms with Crippen LogP contribution in [0.3, 0.4) is 0 Å². The Labute approximate surface area is 157 Å². The molecule has 7 nitrogen and oxygen atoms in total. The molecule has 0 atom stereocenters. The van der Waals surface area contributed by atoms with Gasteiger partial charge in [0.25, 0.3) is 0 Å². The minimum Gasteiger partial charge on any atom is -0.494 e. The molecular formula is C20H20N6O. The van der Waals surface area contributed by atoms with Gasteiger partial charge in [-0.1, -0.05) is 12.1 Å². The van der Waals surface area contributed by atoms with E-state index in [-0.39, 0.29) is 0 Å². The number of rotatable bonds is 4. The van der Waals surface area contributed by atoms with Crippen LogP contribution < -0.4 is 10.1 Å². The number of nitrogens with zero attached hydrogens (tertiary/aromatic N) is 5. The SMILES string of the molecule is COc1cccc2c(C)cc(-n3nc(C)cc3Nc3cc(C)ncn3)nc12. The van der Waals surface area contributed by atoms with E-state index < -0.39 is 0 Å². The summed E-state index contributed by atoms with van der Waals surface area (Å²) in [4.78, 5) is 13.2. The van der Waals surface area contributed by atoms with Gasteiger partial charge >= 0.3 is 0 Å². The average Bonchev–Trinajstić information content (AvgIpc) is 3.01. The number of methoxy groups -OCH3 is 1. The molecule has 0 aliphatic carbocycles. The molecule has 1 aromatic carbocycles. The van der Waals surface area contributed by atoms with E-state index in [4.69, 9.17) is 9.72 Å². The second-order valence-electron chi connectivity index (χ2n) is 6.41. The van der Waals surface area contributed by atoms with Gasteiger partial charge in [0.1, 0.15) is 29.2 Å². The summed E-state index contributed by atoms with van der Waals surface area (Å²) in [6, 6.07) is 11.8. The molecule has 4 aromatic rings. The van der Waals surface area contributed by atoms with Gasteiger partial charge in [0.2, 0.25) is 0 Å². The summed E-state index contributed by atoms with van der Waals surface area (Å²) in [5.41, 5.74) is 3.68. The van der Waals surface area contributed by atoms with Crippen molar-refractivity contribution < 1.29 is 4.74 Å². The van der Waals surface area contributed by atoms with Crippen LogP contribution in [0.4, 0.5) is 11.6 Å². The van der Waals surface area contributed by atoms with Crippen molar-refractivity contribution >= 4 is 22.5 Å². The van der Waals surface area contributed by atoms with Gasteiger partial charge in [-0.15, -0.1) is 0 Å². The van der Waals surface area contributed by atoms with Crippen LogP contribution in [0.25, 0.3) is 16.7 Å². The van der Waals surface area contributed by atoms with Gasteiger partial charge in [0, 0.05) is 23.2 Å². The van der Waals surface area contributed by atoms with E-state index in [2.05, 4.69) is 27.3 Å². The number of benzene rings is 1. The lowest BCUT2D eigenvalue weighted by molar-refractivity contribution is 0.419. The molecule has 1 N–H and O–H groups in total. The van der Waals surface area contributed by atoms with Gasteiger partial charge in [-0.2, -0.15) is 9.78 Å². The first kappa shape index (κ1) is 17.0. The van der Waals surface area contributed by atoms with Gasteiger partial charge in [0.15, 0.2) is 5.82 Å². The monoisotopic (exact) mass is 360 g/mol. The van der Waals surface area contributed by atoms with Crippen molar-refractivity contribution in [2.45, 2.75) is 20.8 Å². The first-order chi connectivity index (χ1) is 13.0. The van der Waals surface area contributed by atoms with Crippen LogP contribution >= 0.6 is 0 Å². The van der Waals surface area contributed by atoms with Crippen molar-refractivity contribution in [1.29, 1.82) is 0 Å². The summed E-state index contributed by atoms with van der Waals surface area (Å²) in [5, 5.41) is 8.98. The third kappa shape index (κ3) is 3.19. The highest BCUT2D eigenvalue weighted by molar-refractivity contribution is 5.88. The Morgan fingerprint density at radius 2 is 1.85 bits per heavy atom. The molecule has 0 radical (unpaired) electrons. The average molecular weight is 360 g/mol. The first-order valence-electron chi connectivity index (χ1n) is 8.62. The Kier molecular flexibility index (Phi) is 4.19. The largest absolute Gasteiger partial charge is 0.494 e. The summed E-state index contributed by atoms with van der Waals surface area (Å²) in [6.07, 6.45) is 1.54. The van der Waals surface area contributed by atoms with Gasteiger partial charge in [-0.3, -0.25) is 0 Å². The van der Waals surface area contributed by atoms with Crippen molar-refractivity contribution in [3.05, 3.63) is 59.7 Å². The van der Waals surface area contributed by atoms with Crippen LogP contribution in [0.1, 0.15) is 17.0 Å². The second-order valence-corrected chi connectivity index (χ2v) is 6.41. The summed E-state index contributed by atoms with van der Waals surface area (Å²) in [5.74, 6) is 2.94. The van der Waals surface area contributed by atoms with E-state index in [0.717, 1.165) is 39.4 Å². The Bertz CT molecular complexity index is 1130. The standard InChI is InChI=1S/C20H20N6O/c1-12-8-18(24-20-15(12)6-5-7-16(20)27-4)26-19(10-14(3)25-26)23-17-9-13(2)21-11-22-17/h5-11H,1-4H3,(H,21,22,23). The lowest BCUT2D eigenvalue weighted by atomic mass is 10.1. The molecule has 0 aliphatic heterocycles. The number of para-hydroxylation sites is 1. The summed E-state index contributed by atoms with van der Waals surface area (Å²) < 4.78 is 7.28. The predicted octanol–water partition coefficient (Wildman–Crippen LogP) is 3.89. The quantitative estimate of drug-likeness (QED) is 0.595. The number of aromatic nitrogens is 5. The molecule has 0 spiro atoms. The van der Waals surface area contributed by atoms with Gasteiger partial charge in [0.05, 0.1) is 12.8 Å². The van der Waals surface area contributed by atoms with E-state index in [0.29, 0.717) is 11.6 Å². The highest BCUT2D eigenvalue weighted by Gasteiger charge is 2.13. The fourth-order valence-corrected chi connectivity index (χ4v) is 3.06. The first-order valence-corrected chi connectivity index (χ1v) is 8.62. The molecule has 0 amide bonds. The summed E-state index contributed by atoms with van der Waals surface area (Å²) in [7, 11) is 1.65. The van der Waals surface area contributed by atoms with E-state index in [1.165, 1.54) is 6.33 Å². The maximum Gasteiger partial charge on any atom is 0.156 e. The number of fused-ring (bicyclic) bond motifs is 1. The molecule has 0 saturated carbocycles. The van der Waals surface area contributed by atoms with Crippen LogP contribution in [0.2, 0.25) is 0 Å². The zero-order chi connectivity index (χ0) is 19.0. The number of pyridine rings is 1. The summed E-state index contributed by atoms with van der Waals surface area (Å²) in [6.45, 7) is 5.93. The molecule has 0 saturated heterocycles. The van der Waals surface area contributed by atoms with Gasteiger partial charge in [-0.25, -0.2) is 15.0 Å². The minimum atomic E-state index is 0.707. The molecule has 0 bridgehead atoms. The number of hydrogen-bond donors (Lipinski definition) is 1. The lowest BCUT2D eigenvalue weighted by Gasteiger charge is -2.12. The van der Waals surface area contributed by atoms with E-state index in [1.807, 2.05) is 50.2 Å². The molecule has 0 fully saturated rings. The van der Waals surface area contributed by atoms with Crippen LogP contribution in [0.5, 0.6) is 5.75 Å². The molecule has 3 aromatic heterocycles. The highest BCUT2D eigenvalue weighted by atomic mass is 16.5. The van der Waals surface area contributed by atoms with E-state index >= 15 is 0 Å². The predicted molar refractivity (Wildman–Crippen MR) is 105 cm³/mol. The van der Waals surface area contributed by atoms with Crippen molar-refractivity contribution in [3.8, 4) is 11.6 Å². The second kappa shape index (κ2) is 6.68. The van der Waals surface area contributed by atoms with Crippen molar-refractivity contribution in [2.75, 3.05) is 12.4 Å². The molecular weight excluding hydrogens is 340 g/mol. The Balaban J connectivity index is 1.84. The van der Waals surface area contributed by atoms with Gasteiger partial charge < -0.3 is 10.1 Å². The third-order valence-electron chi connectivity index (χ3n) is 4.32. The molecule has 136 valence electrons. The van der Waals surface area contributed by atoms with Crippen LogP contribution in [0, 0.1) is 20.8 Å². The molecule has 0 unspecified atom stereocenters. The maximum atomic E-state index is 5.49. The normalized spacial score (nSPS) is 11.0.